The van der Waals surface area contributed by atoms with Gasteiger partial charge in [0.2, 0.25) is 0 Å². The van der Waals surface area contributed by atoms with E-state index in [1.165, 1.54) is 0 Å². The number of nitrogens with zero attached hydrogens (tertiary/aromatic N) is 1. The highest BCUT2D eigenvalue weighted by atomic mass is 16.5. The molecule has 1 aliphatic heterocycles. The fourth-order valence-corrected chi connectivity index (χ4v) is 2.98. The molecule has 1 aromatic carbocycles. The molecule has 0 spiro atoms. The lowest BCUT2D eigenvalue weighted by Crippen LogP contribution is -2.26. The lowest BCUT2D eigenvalue weighted by Gasteiger charge is -2.12. The number of nitrogens with one attached hydrogen (secondary N) is 2. The van der Waals surface area contributed by atoms with Crippen molar-refractivity contribution >= 4 is 11.6 Å². The summed E-state index contributed by atoms with van der Waals surface area (Å²) in [6.45, 7) is 2.14. The minimum Gasteiger partial charge on any atom is -0.496 e. The van der Waals surface area contributed by atoms with E-state index in [4.69, 9.17) is 9.47 Å². The van der Waals surface area contributed by atoms with Gasteiger partial charge in [0.1, 0.15) is 11.4 Å². The Hall–Kier alpha value is -2.60. The van der Waals surface area contributed by atoms with Crippen molar-refractivity contribution in [3.8, 4) is 5.75 Å². The van der Waals surface area contributed by atoms with Crippen LogP contribution in [-0.2, 0) is 11.2 Å². The van der Waals surface area contributed by atoms with Crippen LogP contribution in [0.25, 0.3) is 0 Å². The molecule has 1 saturated heterocycles. The molecule has 2 N–H and O–H groups in total. The Morgan fingerprint density at radius 1 is 1.31 bits per heavy atom. The summed E-state index contributed by atoms with van der Waals surface area (Å²) in [5.41, 5.74) is 2.37. The van der Waals surface area contributed by atoms with Gasteiger partial charge in [-0.1, -0.05) is 18.2 Å². The zero-order valence-electron chi connectivity index (χ0n) is 15.0. The fourth-order valence-electron chi connectivity index (χ4n) is 2.98. The third kappa shape index (κ3) is 4.95. The summed E-state index contributed by atoms with van der Waals surface area (Å²) in [6.07, 6.45) is 4.87. The van der Waals surface area contributed by atoms with E-state index in [0.29, 0.717) is 18.7 Å². The number of ether oxygens (including phenoxy) is 2. The van der Waals surface area contributed by atoms with Gasteiger partial charge in [-0.15, -0.1) is 0 Å². The van der Waals surface area contributed by atoms with Crippen LogP contribution in [0.4, 0.5) is 5.69 Å². The van der Waals surface area contributed by atoms with Crippen LogP contribution in [0.3, 0.4) is 0 Å². The zero-order chi connectivity index (χ0) is 18.2. The van der Waals surface area contributed by atoms with Gasteiger partial charge in [-0.3, -0.25) is 4.79 Å². The Morgan fingerprint density at radius 3 is 2.92 bits per heavy atom. The summed E-state index contributed by atoms with van der Waals surface area (Å²) < 4.78 is 10.9. The molecule has 1 aromatic heterocycles. The van der Waals surface area contributed by atoms with Crippen molar-refractivity contribution in [3.63, 3.8) is 0 Å². The molecule has 1 atom stereocenters. The van der Waals surface area contributed by atoms with Gasteiger partial charge in [-0.2, -0.15) is 0 Å². The van der Waals surface area contributed by atoms with E-state index in [9.17, 15) is 4.79 Å². The molecule has 138 valence electrons. The van der Waals surface area contributed by atoms with Crippen LogP contribution in [-0.4, -0.2) is 43.8 Å². The summed E-state index contributed by atoms with van der Waals surface area (Å²) in [4.78, 5) is 16.5. The van der Waals surface area contributed by atoms with E-state index in [1.54, 1.807) is 19.4 Å². The second kappa shape index (κ2) is 9.20. The van der Waals surface area contributed by atoms with Crippen LogP contribution in [0.5, 0.6) is 5.75 Å². The number of benzene rings is 1. The largest absolute Gasteiger partial charge is 0.496 e. The fraction of sp³-hybridized carbons (Fsp3) is 0.400. The van der Waals surface area contributed by atoms with Gasteiger partial charge >= 0.3 is 0 Å². The summed E-state index contributed by atoms with van der Waals surface area (Å²) >= 11 is 0. The van der Waals surface area contributed by atoms with E-state index >= 15 is 0 Å². The van der Waals surface area contributed by atoms with Crippen LogP contribution < -0.4 is 15.4 Å². The number of hydrogen-bond acceptors (Lipinski definition) is 5. The van der Waals surface area contributed by atoms with Gasteiger partial charge in [-0.25, -0.2) is 4.98 Å². The Morgan fingerprint density at radius 2 is 2.19 bits per heavy atom. The lowest BCUT2D eigenvalue weighted by atomic mass is 10.1. The third-order valence-corrected chi connectivity index (χ3v) is 4.43. The first-order valence-corrected chi connectivity index (χ1v) is 8.98. The number of carbonyl (C=O) groups excluding carboxylic acids is 1. The minimum atomic E-state index is -0.175. The smallest absolute Gasteiger partial charge is 0.269 e. The third-order valence-electron chi connectivity index (χ3n) is 4.43. The molecule has 0 radical (unpaired) electrons. The highest BCUT2D eigenvalue weighted by molar-refractivity contribution is 5.92. The molecule has 0 saturated carbocycles. The summed E-state index contributed by atoms with van der Waals surface area (Å²) in [5, 5.41) is 6.19. The average Bonchev–Trinajstić information content (AvgIpc) is 3.20. The number of hydrogen-bond donors (Lipinski definition) is 2. The summed E-state index contributed by atoms with van der Waals surface area (Å²) in [5.74, 6) is 0.659. The van der Waals surface area contributed by atoms with E-state index < -0.39 is 0 Å². The first-order valence-electron chi connectivity index (χ1n) is 8.98. The standard InChI is InChI=1S/C20H25N3O3/c1-25-19-7-3-2-5-15(19)10-11-21-20(24)18-9-8-16(13-23-18)22-14-17-6-4-12-26-17/h2-3,5,7-9,13,17,22H,4,6,10-12,14H2,1H3,(H,21,24). The molecular weight excluding hydrogens is 330 g/mol. The number of methoxy groups -OCH3 is 1. The van der Waals surface area contributed by atoms with Crippen LogP contribution in [0.2, 0.25) is 0 Å². The maximum Gasteiger partial charge on any atom is 0.269 e. The van der Waals surface area contributed by atoms with E-state index in [0.717, 1.165) is 43.0 Å². The molecule has 2 heterocycles. The molecule has 6 heteroatoms. The topological polar surface area (TPSA) is 72.5 Å². The molecule has 3 rings (SSSR count). The number of pyridine rings is 1. The van der Waals surface area contributed by atoms with Gasteiger partial charge < -0.3 is 20.1 Å². The predicted octanol–water partition coefficient (Wildman–Crippen LogP) is 2.65. The normalized spacial score (nSPS) is 16.3. The maximum atomic E-state index is 12.2. The number of anilines is 1. The predicted molar refractivity (Wildman–Crippen MR) is 101 cm³/mol. The Balaban J connectivity index is 1.45. The van der Waals surface area contributed by atoms with E-state index in [-0.39, 0.29) is 12.0 Å². The molecule has 6 nitrogen and oxygen atoms in total. The first kappa shape index (κ1) is 18.2. The zero-order valence-corrected chi connectivity index (χ0v) is 15.0. The molecule has 26 heavy (non-hydrogen) atoms. The van der Waals surface area contributed by atoms with Crippen molar-refractivity contribution in [3.05, 3.63) is 53.9 Å². The highest BCUT2D eigenvalue weighted by Crippen LogP contribution is 2.17. The molecule has 1 fully saturated rings. The van der Waals surface area contributed by atoms with Crippen LogP contribution in [0, 0.1) is 0 Å². The molecule has 1 aliphatic rings. The van der Waals surface area contributed by atoms with E-state index in [2.05, 4.69) is 15.6 Å². The second-order valence-electron chi connectivity index (χ2n) is 6.27. The Kier molecular flexibility index (Phi) is 6.44. The summed E-state index contributed by atoms with van der Waals surface area (Å²) in [6, 6.07) is 11.4. The lowest BCUT2D eigenvalue weighted by molar-refractivity contribution is 0.0949. The molecule has 0 bridgehead atoms. The second-order valence-corrected chi connectivity index (χ2v) is 6.27. The molecule has 2 aromatic rings. The molecule has 0 aliphatic carbocycles. The van der Waals surface area contributed by atoms with Crippen LogP contribution in [0.15, 0.2) is 42.6 Å². The van der Waals surface area contributed by atoms with Gasteiger partial charge in [0.25, 0.3) is 5.91 Å². The van der Waals surface area contributed by atoms with Gasteiger partial charge in [0, 0.05) is 19.7 Å². The number of para-hydroxylation sites is 1. The monoisotopic (exact) mass is 355 g/mol. The average molecular weight is 355 g/mol. The Labute approximate surface area is 153 Å². The van der Waals surface area contributed by atoms with Crippen molar-refractivity contribution in [1.29, 1.82) is 0 Å². The Bertz CT molecular complexity index is 712. The van der Waals surface area contributed by atoms with Crippen LogP contribution >= 0.6 is 0 Å². The van der Waals surface area contributed by atoms with Crippen LogP contribution in [0.1, 0.15) is 28.9 Å². The highest BCUT2D eigenvalue weighted by Gasteiger charge is 2.15. The number of rotatable bonds is 8. The van der Waals surface area contributed by atoms with Gasteiger partial charge in [0.05, 0.1) is 25.1 Å². The van der Waals surface area contributed by atoms with Crippen molar-refractivity contribution in [2.75, 3.05) is 32.1 Å². The quantitative estimate of drug-likeness (QED) is 0.762. The molecular formula is C20H25N3O3. The van der Waals surface area contributed by atoms with Crippen molar-refractivity contribution in [2.24, 2.45) is 0 Å². The minimum absolute atomic E-state index is 0.175. The molecule has 1 amide bonds. The SMILES string of the molecule is COc1ccccc1CCNC(=O)c1ccc(NCC2CCCO2)cn1. The summed E-state index contributed by atoms with van der Waals surface area (Å²) in [7, 11) is 1.65. The van der Waals surface area contributed by atoms with Gasteiger partial charge in [-0.05, 0) is 43.0 Å². The number of carbonyl (C=O) groups is 1. The molecule has 1 unspecified atom stereocenters. The van der Waals surface area contributed by atoms with E-state index in [1.807, 2.05) is 30.3 Å². The van der Waals surface area contributed by atoms with Crippen molar-refractivity contribution in [2.45, 2.75) is 25.4 Å². The number of aromatic nitrogens is 1. The first-order chi connectivity index (χ1) is 12.8. The number of amides is 1. The van der Waals surface area contributed by atoms with Gasteiger partial charge in [0.15, 0.2) is 0 Å². The van der Waals surface area contributed by atoms with Crippen molar-refractivity contribution < 1.29 is 14.3 Å². The maximum absolute atomic E-state index is 12.2. The van der Waals surface area contributed by atoms with Crippen molar-refractivity contribution in [1.82, 2.24) is 10.3 Å².